The number of unbranched alkanes of at least 4 members (excludes halogenated alkanes) is 3. The number of guanidine groups is 3. The van der Waals surface area contributed by atoms with E-state index in [-0.39, 0.29) is 108 Å². The van der Waals surface area contributed by atoms with E-state index in [1.165, 1.54) is 9.80 Å². The van der Waals surface area contributed by atoms with Gasteiger partial charge in [0.25, 0.3) is 0 Å². The molecule has 0 aromatic carbocycles. The fraction of sp³-hybridized carbons (Fsp3) is 0.740. The standard InChI is InChI=1S/C50H94N22O10/c51-20-4-1-12-31(30-73)65-42(77)34(13-2-5-21-52)69-45(80)38-19-10-26-71(38)46(81)35(17-9-25-63-50(59)60)67-40(75)29-64-41(76)32(15-7-23-61-48(55)56)68-44(79)37-18-11-27-72(37)47(82)36(14-3-6-22-53)70-43(78)33(66-39(74)28-54)16-8-24-62-49(57)58/h30-38H,1-29,51-54H2,(H,64,76)(H,65,77)(H,66,74)(H,67,75)(H,68,79)(H,69,80)(H,70,78)(H4,55,56,61)(H4,57,58,62)(H4,59,60,63)/t31-,32-,33-,34-,35-,36-,37-,38-/m0/s1. The molecule has 27 N–H and O–H groups in total. The first-order chi connectivity index (χ1) is 39.2. The lowest BCUT2D eigenvalue weighted by Crippen LogP contribution is -2.58. The van der Waals surface area contributed by atoms with Crippen molar-refractivity contribution >= 4 is 77.3 Å². The molecule has 9 amide bonds. The van der Waals surface area contributed by atoms with Crippen LogP contribution in [0, 0.1) is 0 Å². The summed E-state index contributed by atoms with van der Waals surface area (Å²) in [5, 5.41) is 18.7. The quantitative estimate of drug-likeness (QED) is 0.0117. The fourth-order valence-electron chi connectivity index (χ4n) is 9.39. The minimum Gasteiger partial charge on any atom is -0.370 e. The first kappa shape index (κ1) is 70.7. The Kier molecular flexibility index (Phi) is 34.3. The number of carbonyl (C=O) groups is 10. The second kappa shape index (κ2) is 39.9. The van der Waals surface area contributed by atoms with Gasteiger partial charge in [0.15, 0.2) is 17.9 Å². The molecule has 0 saturated carbocycles. The third-order valence-electron chi connectivity index (χ3n) is 13.6. The van der Waals surface area contributed by atoms with Crippen molar-refractivity contribution in [1.82, 2.24) is 47.0 Å². The largest absolute Gasteiger partial charge is 0.370 e. The van der Waals surface area contributed by atoms with Gasteiger partial charge in [-0.3, -0.25) is 58.1 Å². The van der Waals surface area contributed by atoms with E-state index in [4.69, 9.17) is 57.3 Å². The Morgan fingerprint density at radius 1 is 0.451 bits per heavy atom. The zero-order valence-corrected chi connectivity index (χ0v) is 47.3. The molecule has 2 aliphatic heterocycles. The second-order valence-electron chi connectivity index (χ2n) is 20.2. The molecule has 32 nitrogen and oxygen atoms in total. The van der Waals surface area contributed by atoms with Crippen molar-refractivity contribution in [3.63, 3.8) is 0 Å². The average molecular weight is 1160 g/mol. The summed E-state index contributed by atoms with van der Waals surface area (Å²) in [5.74, 6) is -6.52. The van der Waals surface area contributed by atoms with Crippen LogP contribution < -0.4 is 94.6 Å². The van der Waals surface area contributed by atoms with E-state index in [1.54, 1.807) is 0 Å². The van der Waals surface area contributed by atoms with E-state index in [2.05, 4.69) is 52.2 Å². The number of amides is 9. The number of likely N-dealkylation sites (tertiary alicyclic amines) is 2. The fourth-order valence-corrected chi connectivity index (χ4v) is 9.39. The molecule has 0 aromatic rings. The van der Waals surface area contributed by atoms with Gasteiger partial charge in [-0.1, -0.05) is 0 Å². The highest BCUT2D eigenvalue weighted by atomic mass is 16.2. The van der Waals surface area contributed by atoms with Crippen molar-refractivity contribution in [2.75, 3.05) is 65.4 Å². The highest BCUT2D eigenvalue weighted by molar-refractivity contribution is 5.98. The van der Waals surface area contributed by atoms with Crippen LogP contribution in [-0.2, 0) is 47.9 Å². The van der Waals surface area contributed by atoms with Crippen LogP contribution in [0.4, 0.5) is 0 Å². The second-order valence-corrected chi connectivity index (χ2v) is 20.2. The number of aldehydes is 1. The Bertz CT molecular complexity index is 2160. The van der Waals surface area contributed by atoms with Gasteiger partial charge in [0.05, 0.1) is 19.1 Å². The highest BCUT2D eigenvalue weighted by Crippen LogP contribution is 2.22. The van der Waals surface area contributed by atoms with Crippen molar-refractivity contribution in [1.29, 1.82) is 0 Å². The molecule has 464 valence electrons. The zero-order valence-electron chi connectivity index (χ0n) is 47.3. The summed E-state index contributed by atoms with van der Waals surface area (Å²) in [4.78, 5) is 151. The lowest BCUT2D eigenvalue weighted by atomic mass is 10.0. The van der Waals surface area contributed by atoms with E-state index in [1.807, 2.05) is 0 Å². The summed E-state index contributed by atoms with van der Waals surface area (Å²) in [6.07, 6.45) is 6.61. The molecule has 0 bridgehead atoms. The van der Waals surface area contributed by atoms with Crippen LogP contribution in [0.2, 0.25) is 0 Å². The number of hydrogen-bond acceptors (Lipinski definition) is 17. The van der Waals surface area contributed by atoms with Crippen LogP contribution in [-0.4, -0.2) is 201 Å². The normalized spacial score (nSPS) is 16.8. The van der Waals surface area contributed by atoms with Crippen LogP contribution in [0.15, 0.2) is 15.0 Å². The van der Waals surface area contributed by atoms with Crippen LogP contribution in [0.25, 0.3) is 0 Å². The molecule has 0 aliphatic carbocycles. The Hall–Kier alpha value is -7.45. The topological polar surface area (TPSA) is 559 Å². The molecule has 2 heterocycles. The summed E-state index contributed by atoms with van der Waals surface area (Å²) in [5.41, 5.74) is 55.5. The number of nitrogens with two attached hydrogens (primary N) is 10. The van der Waals surface area contributed by atoms with E-state index >= 15 is 0 Å². The average Bonchev–Trinajstić information content (AvgIpc) is 4.19. The van der Waals surface area contributed by atoms with Crippen LogP contribution in [0.5, 0.6) is 0 Å². The zero-order chi connectivity index (χ0) is 61.0. The molecule has 32 heteroatoms. The smallest absolute Gasteiger partial charge is 0.245 e. The van der Waals surface area contributed by atoms with E-state index in [0.29, 0.717) is 90.1 Å². The molecule has 2 fully saturated rings. The molecular formula is C50H94N22O10. The summed E-state index contributed by atoms with van der Waals surface area (Å²) >= 11 is 0. The molecule has 82 heavy (non-hydrogen) atoms. The van der Waals surface area contributed by atoms with Gasteiger partial charge in [-0.2, -0.15) is 0 Å². The summed E-state index contributed by atoms with van der Waals surface area (Å²) in [6, 6.07) is -8.74. The molecule has 0 unspecified atom stereocenters. The molecule has 2 rings (SSSR count). The first-order valence-electron chi connectivity index (χ1n) is 28.3. The number of nitrogens with one attached hydrogen (secondary N) is 7. The SMILES string of the molecule is NCCCC[C@@H](C=O)NC(=O)[C@H](CCCCN)NC(=O)[C@@H]1CCCN1C(=O)[C@H](CCCN=C(N)N)NC(=O)CNC(=O)[C@H](CCCN=C(N)N)NC(=O)[C@@H]1CCCN1C(=O)[C@H](CCCCN)NC(=O)[C@H](CCCN=C(N)N)NC(=O)CN. The summed E-state index contributed by atoms with van der Waals surface area (Å²) in [6.45, 7) is 0.587. The minimum absolute atomic E-state index is 0.00522. The van der Waals surface area contributed by atoms with Crippen LogP contribution in [0.1, 0.15) is 122 Å². The van der Waals surface area contributed by atoms with Crippen LogP contribution >= 0.6 is 0 Å². The van der Waals surface area contributed by atoms with Crippen molar-refractivity contribution < 1.29 is 47.9 Å². The maximum absolute atomic E-state index is 14.4. The monoisotopic (exact) mass is 1160 g/mol. The molecule has 2 aliphatic rings. The predicted molar refractivity (Wildman–Crippen MR) is 308 cm³/mol. The molecule has 0 aromatic heterocycles. The van der Waals surface area contributed by atoms with Crippen LogP contribution in [0.3, 0.4) is 0 Å². The number of rotatable bonds is 41. The highest BCUT2D eigenvalue weighted by Gasteiger charge is 2.41. The Balaban J connectivity index is 2.33. The number of nitrogens with zero attached hydrogens (tertiary/aromatic N) is 5. The predicted octanol–water partition coefficient (Wildman–Crippen LogP) is -7.30. The molecule has 0 radical (unpaired) electrons. The first-order valence-corrected chi connectivity index (χ1v) is 28.3. The van der Waals surface area contributed by atoms with Gasteiger partial charge in [0, 0.05) is 32.7 Å². The van der Waals surface area contributed by atoms with Gasteiger partial charge in [-0.05, 0) is 142 Å². The number of aliphatic imine (C=N–C) groups is 3. The van der Waals surface area contributed by atoms with Crippen molar-refractivity contribution in [3.05, 3.63) is 0 Å². The summed E-state index contributed by atoms with van der Waals surface area (Å²) in [7, 11) is 0. The third kappa shape index (κ3) is 26.9. The molecule has 0 spiro atoms. The Labute approximate surface area is 479 Å². The number of carbonyl (C=O) groups excluding carboxylic acids is 10. The lowest BCUT2D eigenvalue weighted by Gasteiger charge is -2.31. The Morgan fingerprint density at radius 2 is 0.829 bits per heavy atom. The van der Waals surface area contributed by atoms with E-state index in [0.717, 1.165) is 0 Å². The van der Waals surface area contributed by atoms with Gasteiger partial charge in [0.2, 0.25) is 53.2 Å². The van der Waals surface area contributed by atoms with E-state index in [9.17, 15) is 47.9 Å². The van der Waals surface area contributed by atoms with Gasteiger partial charge < -0.3 is 109 Å². The van der Waals surface area contributed by atoms with Crippen molar-refractivity contribution in [2.45, 2.75) is 170 Å². The van der Waals surface area contributed by atoms with Crippen molar-refractivity contribution in [3.8, 4) is 0 Å². The van der Waals surface area contributed by atoms with Gasteiger partial charge in [-0.15, -0.1) is 0 Å². The van der Waals surface area contributed by atoms with Gasteiger partial charge >= 0.3 is 0 Å². The maximum Gasteiger partial charge on any atom is 0.245 e. The molecule has 2 saturated heterocycles. The lowest BCUT2D eigenvalue weighted by molar-refractivity contribution is -0.142. The Morgan fingerprint density at radius 3 is 1.27 bits per heavy atom. The molecular weight excluding hydrogens is 1070 g/mol. The van der Waals surface area contributed by atoms with Crippen molar-refractivity contribution in [2.24, 2.45) is 72.3 Å². The van der Waals surface area contributed by atoms with Gasteiger partial charge in [-0.25, -0.2) is 0 Å². The van der Waals surface area contributed by atoms with E-state index < -0.39 is 115 Å². The number of hydrogen-bond donors (Lipinski definition) is 17. The van der Waals surface area contributed by atoms with Gasteiger partial charge in [0.1, 0.15) is 48.6 Å². The maximum atomic E-state index is 14.4. The minimum atomic E-state index is -1.29. The third-order valence-corrected chi connectivity index (χ3v) is 13.6. The molecule has 8 atom stereocenters. The summed E-state index contributed by atoms with van der Waals surface area (Å²) < 4.78 is 0.